The zero-order valence-electron chi connectivity index (χ0n) is 13.2. The van der Waals surface area contributed by atoms with Crippen LogP contribution < -0.4 is 0 Å². The summed E-state index contributed by atoms with van der Waals surface area (Å²) in [6.07, 6.45) is 1.42. The van der Waals surface area contributed by atoms with Gasteiger partial charge in [0.1, 0.15) is 0 Å². The van der Waals surface area contributed by atoms with Gasteiger partial charge in [0.05, 0.1) is 10.5 Å². The predicted molar refractivity (Wildman–Crippen MR) is 82.2 cm³/mol. The SMILES string of the molecule is CCC(CC)N(C)S(=O)(=O)c1cc(C(=O)O)c(C)cc1C. The fourth-order valence-electron chi connectivity index (χ4n) is 2.49. The molecule has 0 atom stereocenters. The van der Waals surface area contributed by atoms with Gasteiger partial charge in [-0.3, -0.25) is 0 Å². The van der Waals surface area contributed by atoms with Gasteiger partial charge in [-0.25, -0.2) is 13.2 Å². The number of rotatable bonds is 6. The van der Waals surface area contributed by atoms with Crippen LogP contribution >= 0.6 is 0 Å². The first-order chi connectivity index (χ1) is 9.66. The number of hydrogen-bond donors (Lipinski definition) is 1. The van der Waals surface area contributed by atoms with E-state index in [1.54, 1.807) is 27.0 Å². The molecular formula is C15H23NO4S. The summed E-state index contributed by atoms with van der Waals surface area (Å²) in [5.74, 6) is -1.12. The van der Waals surface area contributed by atoms with Gasteiger partial charge >= 0.3 is 5.97 Å². The van der Waals surface area contributed by atoms with Crippen LogP contribution in [0.3, 0.4) is 0 Å². The van der Waals surface area contributed by atoms with Crippen molar-refractivity contribution in [3.05, 3.63) is 28.8 Å². The van der Waals surface area contributed by atoms with Crippen molar-refractivity contribution in [2.45, 2.75) is 51.5 Å². The Morgan fingerprint density at radius 1 is 1.19 bits per heavy atom. The number of sulfonamides is 1. The lowest BCUT2D eigenvalue weighted by Gasteiger charge is -2.26. The Hall–Kier alpha value is -1.40. The molecule has 1 aromatic rings. The van der Waals surface area contributed by atoms with E-state index in [4.69, 9.17) is 0 Å². The molecule has 0 aliphatic carbocycles. The number of carboxylic acids is 1. The van der Waals surface area contributed by atoms with Crippen LogP contribution in [-0.2, 0) is 10.0 Å². The molecule has 0 amide bonds. The van der Waals surface area contributed by atoms with Crippen LogP contribution in [0.25, 0.3) is 0 Å². The number of carbonyl (C=O) groups is 1. The van der Waals surface area contributed by atoms with Gasteiger partial charge in [0, 0.05) is 13.1 Å². The summed E-state index contributed by atoms with van der Waals surface area (Å²) in [7, 11) is -2.15. The maximum Gasteiger partial charge on any atom is 0.335 e. The Balaban J connectivity index is 3.44. The van der Waals surface area contributed by atoms with Crippen molar-refractivity contribution in [3.63, 3.8) is 0 Å². The van der Waals surface area contributed by atoms with Crippen molar-refractivity contribution in [2.24, 2.45) is 0 Å². The van der Waals surface area contributed by atoms with E-state index in [0.717, 1.165) is 0 Å². The van der Waals surface area contributed by atoms with Crippen LogP contribution in [0, 0.1) is 13.8 Å². The van der Waals surface area contributed by atoms with E-state index in [0.29, 0.717) is 24.0 Å². The normalized spacial score (nSPS) is 12.1. The molecule has 0 heterocycles. The molecule has 0 aliphatic heterocycles. The van der Waals surface area contributed by atoms with Crippen molar-refractivity contribution in [3.8, 4) is 0 Å². The molecule has 0 saturated carbocycles. The fraction of sp³-hybridized carbons (Fsp3) is 0.533. The first-order valence-corrected chi connectivity index (χ1v) is 8.43. The molecule has 1 aromatic carbocycles. The van der Waals surface area contributed by atoms with Crippen molar-refractivity contribution >= 4 is 16.0 Å². The Kier molecular flexibility index (Phi) is 5.53. The molecular weight excluding hydrogens is 290 g/mol. The predicted octanol–water partition coefficient (Wildman–Crippen LogP) is 2.81. The zero-order chi connectivity index (χ0) is 16.4. The van der Waals surface area contributed by atoms with Crippen LogP contribution in [0.2, 0.25) is 0 Å². The second-order valence-corrected chi connectivity index (χ2v) is 7.20. The molecule has 0 spiro atoms. The molecule has 0 aromatic heterocycles. The standard InChI is InChI=1S/C15H23NO4S/c1-6-12(7-2)16(5)21(19,20)14-9-13(15(17)18)10(3)8-11(14)4/h8-9,12H,6-7H2,1-5H3,(H,17,18). The maximum atomic E-state index is 12.7. The molecule has 118 valence electrons. The average Bonchev–Trinajstić information content (AvgIpc) is 2.39. The molecule has 21 heavy (non-hydrogen) atoms. The van der Waals surface area contributed by atoms with E-state index in [9.17, 15) is 18.3 Å². The summed E-state index contributed by atoms with van der Waals surface area (Å²) in [4.78, 5) is 11.3. The summed E-state index contributed by atoms with van der Waals surface area (Å²) in [6, 6.07) is 2.78. The van der Waals surface area contributed by atoms with Gasteiger partial charge in [-0.2, -0.15) is 4.31 Å². The molecule has 0 bridgehead atoms. The summed E-state index contributed by atoms with van der Waals surface area (Å²) in [6.45, 7) is 7.22. The third-order valence-corrected chi connectivity index (χ3v) is 5.92. The quantitative estimate of drug-likeness (QED) is 0.876. The van der Waals surface area contributed by atoms with E-state index in [1.165, 1.54) is 10.4 Å². The van der Waals surface area contributed by atoms with Gasteiger partial charge in [-0.05, 0) is 43.9 Å². The Morgan fingerprint density at radius 2 is 1.71 bits per heavy atom. The molecule has 6 heteroatoms. The summed E-state index contributed by atoms with van der Waals surface area (Å²) in [5.41, 5.74) is 1.15. The summed E-state index contributed by atoms with van der Waals surface area (Å²) < 4.78 is 26.8. The lowest BCUT2D eigenvalue weighted by atomic mass is 10.1. The van der Waals surface area contributed by atoms with E-state index < -0.39 is 16.0 Å². The smallest absolute Gasteiger partial charge is 0.335 e. The molecule has 5 nitrogen and oxygen atoms in total. The minimum absolute atomic E-state index is 0.0251. The maximum absolute atomic E-state index is 12.7. The van der Waals surface area contributed by atoms with Gasteiger partial charge in [0.15, 0.2) is 0 Å². The second kappa shape index (κ2) is 6.58. The highest BCUT2D eigenvalue weighted by atomic mass is 32.2. The average molecular weight is 313 g/mol. The first kappa shape index (κ1) is 17.7. The van der Waals surface area contributed by atoms with Gasteiger partial charge in [-0.1, -0.05) is 19.9 Å². The fourth-order valence-corrected chi connectivity index (χ4v) is 4.23. The molecule has 0 unspecified atom stereocenters. The number of benzene rings is 1. The van der Waals surface area contributed by atoms with Gasteiger partial charge in [0.2, 0.25) is 10.0 Å². The highest BCUT2D eigenvalue weighted by Gasteiger charge is 2.28. The Bertz CT molecular complexity index is 633. The molecule has 1 rings (SSSR count). The van der Waals surface area contributed by atoms with E-state index in [-0.39, 0.29) is 16.5 Å². The van der Waals surface area contributed by atoms with Crippen LogP contribution in [0.4, 0.5) is 0 Å². The third kappa shape index (κ3) is 3.44. The van der Waals surface area contributed by atoms with Gasteiger partial charge in [-0.15, -0.1) is 0 Å². The zero-order valence-corrected chi connectivity index (χ0v) is 14.0. The monoisotopic (exact) mass is 313 g/mol. The molecule has 0 aliphatic rings. The molecule has 1 N–H and O–H groups in total. The minimum Gasteiger partial charge on any atom is -0.478 e. The Labute approximate surface area is 126 Å². The lowest BCUT2D eigenvalue weighted by molar-refractivity contribution is 0.0696. The highest BCUT2D eigenvalue weighted by molar-refractivity contribution is 7.89. The van der Waals surface area contributed by atoms with Crippen LogP contribution in [-0.4, -0.2) is 36.9 Å². The van der Waals surface area contributed by atoms with Gasteiger partial charge in [0.25, 0.3) is 0 Å². The van der Waals surface area contributed by atoms with Crippen LogP contribution in [0.1, 0.15) is 48.2 Å². The number of hydrogen-bond acceptors (Lipinski definition) is 3. The minimum atomic E-state index is -3.70. The molecule has 0 saturated heterocycles. The van der Waals surface area contributed by atoms with E-state index in [1.807, 2.05) is 13.8 Å². The molecule has 0 radical (unpaired) electrons. The topological polar surface area (TPSA) is 74.7 Å². The van der Waals surface area contributed by atoms with Crippen molar-refractivity contribution in [1.29, 1.82) is 0 Å². The number of aryl methyl sites for hydroxylation is 2. The number of aromatic carboxylic acids is 1. The highest BCUT2D eigenvalue weighted by Crippen LogP contribution is 2.25. The largest absolute Gasteiger partial charge is 0.478 e. The first-order valence-electron chi connectivity index (χ1n) is 6.99. The number of carboxylic acid groups (broad SMARTS) is 1. The number of nitrogens with zero attached hydrogens (tertiary/aromatic N) is 1. The Morgan fingerprint density at radius 3 is 2.14 bits per heavy atom. The van der Waals surface area contributed by atoms with Crippen molar-refractivity contribution in [1.82, 2.24) is 4.31 Å². The van der Waals surface area contributed by atoms with E-state index >= 15 is 0 Å². The lowest BCUT2D eigenvalue weighted by Crippen LogP contribution is -2.36. The van der Waals surface area contributed by atoms with Gasteiger partial charge < -0.3 is 5.11 Å². The van der Waals surface area contributed by atoms with Crippen molar-refractivity contribution in [2.75, 3.05) is 7.05 Å². The summed E-state index contributed by atoms with van der Waals surface area (Å²) in [5, 5.41) is 9.18. The van der Waals surface area contributed by atoms with E-state index in [2.05, 4.69) is 0 Å². The second-order valence-electron chi connectivity index (χ2n) is 5.23. The van der Waals surface area contributed by atoms with Crippen LogP contribution in [0.15, 0.2) is 17.0 Å². The van der Waals surface area contributed by atoms with Crippen LogP contribution in [0.5, 0.6) is 0 Å². The molecule has 0 fully saturated rings. The van der Waals surface area contributed by atoms with Crippen molar-refractivity contribution < 1.29 is 18.3 Å². The summed E-state index contributed by atoms with van der Waals surface area (Å²) >= 11 is 0. The third-order valence-electron chi connectivity index (χ3n) is 3.87.